The summed E-state index contributed by atoms with van der Waals surface area (Å²) < 4.78 is 13.3. The Morgan fingerprint density at radius 1 is 1.21 bits per heavy atom. The molecule has 2 aromatic carbocycles. The Morgan fingerprint density at radius 2 is 1.84 bits per heavy atom. The second-order valence-electron chi connectivity index (χ2n) is 4.06. The van der Waals surface area contributed by atoms with Gasteiger partial charge in [0.15, 0.2) is 0 Å². The van der Waals surface area contributed by atoms with Crippen molar-refractivity contribution in [2.45, 2.75) is 0 Å². The van der Waals surface area contributed by atoms with Crippen LogP contribution in [0.25, 0.3) is 0 Å². The van der Waals surface area contributed by atoms with Crippen molar-refractivity contribution in [2.24, 2.45) is 0 Å². The van der Waals surface area contributed by atoms with E-state index >= 15 is 0 Å². The predicted octanol–water partition coefficient (Wildman–Crippen LogP) is 3.34. The van der Waals surface area contributed by atoms with Crippen LogP contribution in [0, 0.1) is 5.82 Å². The SMILES string of the molecule is CN(C(=O)c1cccc(F)c1Cl)c1ccc(N)cc1. The molecule has 98 valence electrons. The monoisotopic (exact) mass is 278 g/mol. The molecule has 3 nitrogen and oxygen atoms in total. The molecule has 0 bridgehead atoms. The smallest absolute Gasteiger partial charge is 0.259 e. The zero-order chi connectivity index (χ0) is 14.0. The van der Waals surface area contributed by atoms with E-state index in [0.717, 1.165) is 0 Å². The second kappa shape index (κ2) is 5.28. The predicted molar refractivity (Wildman–Crippen MR) is 75.0 cm³/mol. The highest BCUT2D eigenvalue weighted by atomic mass is 35.5. The van der Waals surface area contributed by atoms with Crippen molar-refractivity contribution in [3.63, 3.8) is 0 Å². The van der Waals surface area contributed by atoms with Gasteiger partial charge in [0.25, 0.3) is 5.91 Å². The molecule has 0 aromatic heterocycles. The Kier molecular flexibility index (Phi) is 3.71. The number of hydrogen-bond acceptors (Lipinski definition) is 2. The summed E-state index contributed by atoms with van der Waals surface area (Å²) in [4.78, 5) is 13.6. The number of nitrogen functional groups attached to an aromatic ring is 1. The fourth-order valence-electron chi connectivity index (χ4n) is 1.66. The molecule has 0 saturated heterocycles. The quantitative estimate of drug-likeness (QED) is 0.857. The first-order valence-electron chi connectivity index (χ1n) is 5.58. The Morgan fingerprint density at radius 3 is 2.47 bits per heavy atom. The van der Waals surface area contributed by atoms with Crippen LogP contribution in [0.2, 0.25) is 5.02 Å². The first-order chi connectivity index (χ1) is 9.00. The minimum absolute atomic E-state index is 0.126. The van der Waals surface area contributed by atoms with Gasteiger partial charge in [-0.25, -0.2) is 4.39 Å². The average molecular weight is 279 g/mol. The molecule has 0 saturated carbocycles. The molecule has 0 aliphatic carbocycles. The number of carbonyl (C=O) groups is 1. The molecule has 0 aliphatic heterocycles. The van der Waals surface area contributed by atoms with Gasteiger partial charge >= 0.3 is 0 Å². The van der Waals surface area contributed by atoms with Gasteiger partial charge in [-0.2, -0.15) is 0 Å². The van der Waals surface area contributed by atoms with Crippen LogP contribution < -0.4 is 10.6 Å². The lowest BCUT2D eigenvalue weighted by molar-refractivity contribution is 0.0992. The standard InChI is InChI=1S/C14H12ClFN2O/c1-18(10-7-5-9(17)6-8-10)14(19)11-3-2-4-12(16)13(11)15/h2-8H,17H2,1H3. The number of carbonyl (C=O) groups excluding carboxylic acids is 1. The summed E-state index contributed by atoms with van der Waals surface area (Å²) in [5, 5.41) is -0.171. The van der Waals surface area contributed by atoms with E-state index in [-0.39, 0.29) is 16.5 Å². The van der Waals surface area contributed by atoms with Crippen molar-refractivity contribution in [2.75, 3.05) is 17.7 Å². The molecular formula is C14H12ClFN2O. The highest BCUT2D eigenvalue weighted by Gasteiger charge is 2.18. The minimum Gasteiger partial charge on any atom is -0.399 e. The molecule has 0 atom stereocenters. The van der Waals surface area contributed by atoms with Crippen LogP contribution >= 0.6 is 11.6 Å². The number of anilines is 2. The van der Waals surface area contributed by atoms with Crippen LogP contribution in [0.5, 0.6) is 0 Å². The summed E-state index contributed by atoms with van der Waals surface area (Å²) >= 11 is 5.80. The van der Waals surface area contributed by atoms with Crippen molar-refractivity contribution in [1.29, 1.82) is 0 Å². The maximum Gasteiger partial charge on any atom is 0.259 e. The fourth-order valence-corrected chi connectivity index (χ4v) is 1.87. The Balaban J connectivity index is 2.33. The van der Waals surface area contributed by atoms with Gasteiger partial charge in [-0.1, -0.05) is 17.7 Å². The maximum atomic E-state index is 13.3. The Hall–Kier alpha value is -2.07. The third-order valence-corrected chi connectivity index (χ3v) is 3.15. The summed E-state index contributed by atoms with van der Waals surface area (Å²) in [6.45, 7) is 0. The van der Waals surface area contributed by atoms with Crippen molar-refractivity contribution in [3.05, 3.63) is 58.9 Å². The number of nitrogens with zero attached hydrogens (tertiary/aromatic N) is 1. The molecule has 1 amide bonds. The molecule has 0 radical (unpaired) electrons. The zero-order valence-electron chi connectivity index (χ0n) is 10.2. The van der Waals surface area contributed by atoms with E-state index in [1.54, 1.807) is 31.3 Å². The highest BCUT2D eigenvalue weighted by Crippen LogP contribution is 2.23. The Bertz CT molecular complexity index is 613. The molecule has 0 aliphatic rings. The lowest BCUT2D eigenvalue weighted by atomic mass is 10.1. The van der Waals surface area contributed by atoms with E-state index in [0.29, 0.717) is 11.4 Å². The molecule has 2 aromatic rings. The van der Waals surface area contributed by atoms with Gasteiger partial charge in [-0.05, 0) is 36.4 Å². The van der Waals surface area contributed by atoms with Crippen LogP contribution in [0.3, 0.4) is 0 Å². The van der Waals surface area contributed by atoms with Gasteiger partial charge < -0.3 is 10.6 Å². The van der Waals surface area contributed by atoms with Crippen molar-refractivity contribution in [3.8, 4) is 0 Å². The summed E-state index contributed by atoms with van der Waals surface area (Å²) in [5.41, 5.74) is 6.97. The van der Waals surface area contributed by atoms with E-state index in [1.165, 1.54) is 23.1 Å². The molecule has 0 fully saturated rings. The number of benzene rings is 2. The molecule has 2 rings (SSSR count). The fraction of sp³-hybridized carbons (Fsp3) is 0.0714. The van der Waals surface area contributed by atoms with Gasteiger partial charge in [0.2, 0.25) is 0 Å². The number of rotatable bonds is 2. The topological polar surface area (TPSA) is 46.3 Å². The second-order valence-corrected chi connectivity index (χ2v) is 4.44. The van der Waals surface area contributed by atoms with Gasteiger partial charge in [-0.3, -0.25) is 4.79 Å². The molecule has 2 N–H and O–H groups in total. The summed E-state index contributed by atoms with van der Waals surface area (Å²) in [5.74, 6) is -0.993. The largest absolute Gasteiger partial charge is 0.399 e. The average Bonchev–Trinajstić information content (AvgIpc) is 2.41. The lowest BCUT2D eigenvalue weighted by Gasteiger charge is -2.18. The molecule has 5 heteroatoms. The van der Waals surface area contributed by atoms with Crippen molar-refractivity contribution >= 4 is 28.9 Å². The maximum absolute atomic E-state index is 13.3. The zero-order valence-corrected chi connectivity index (χ0v) is 11.0. The van der Waals surface area contributed by atoms with Gasteiger partial charge in [0.1, 0.15) is 5.82 Å². The normalized spacial score (nSPS) is 10.3. The summed E-state index contributed by atoms with van der Waals surface area (Å²) in [6, 6.07) is 10.9. The lowest BCUT2D eigenvalue weighted by Crippen LogP contribution is -2.26. The number of nitrogens with two attached hydrogens (primary N) is 1. The van der Waals surface area contributed by atoms with E-state index in [2.05, 4.69) is 0 Å². The van der Waals surface area contributed by atoms with Crippen LogP contribution in [-0.2, 0) is 0 Å². The first-order valence-corrected chi connectivity index (χ1v) is 5.96. The molecular weight excluding hydrogens is 267 g/mol. The molecule has 19 heavy (non-hydrogen) atoms. The Labute approximate surface area is 115 Å². The summed E-state index contributed by atoms with van der Waals surface area (Å²) in [7, 11) is 1.59. The number of hydrogen-bond donors (Lipinski definition) is 1. The van der Waals surface area contributed by atoms with Crippen LogP contribution in [0.15, 0.2) is 42.5 Å². The minimum atomic E-state index is -0.613. The van der Waals surface area contributed by atoms with Gasteiger partial charge in [0.05, 0.1) is 10.6 Å². The van der Waals surface area contributed by atoms with Gasteiger partial charge in [0, 0.05) is 18.4 Å². The molecule has 0 spiro atoms. The van der Waals surface area contributed by atoms with Gasteiger partial charge in [-0.15, -0.1) is 0 Å². The number of amides is 1. The van der Waals surface area contributed by atoms with E-state index in [9.17, 15) is 9.18 Å². The van der Waals surface area contributed by atoms with Crippen LogP contribution in [-0.4, -0.2) is 13.0 Å². The van der Waals surface area contributed by atoms with E-state index in [1.807, 2.05) is 0 Å². The first kappa shape index (κ1) is 13.4. The van der Waals surface area contributed by atoms with E-state index in [4.69, 9.17) is 17.3 Å². The van der Waals surface area contributed by atoms with Crippen LogP contribution in [0.1, 0.15) is 10.4 Å². The highest BCUT2D eigenvalue weighted by molar-refractivity contribution is 6.34. The van der Waals surface area contributed by atoms with Crippen LogP contribution in [0.4, 0.5) is 15.8 Å². The van der Waals surface area contributed by atoms with Crippen molar-refractivity contribution < 1.29 is 9.18 Å². The van der Waals surface area contributed by atoms with Crippen molar-refractivity contribution in [1.82, 2.24) is 0 Å². The third kappa shape index (κ3) is 2.69. The third-order valence-electron chi connectivity index (χ3n) is 2.77. The molecule has 0 heterocycles. The number of halogens is 2. The summed E-state index contributed by atoms with van der Waals surface area (Å²) in [6.07, 6.45) is 0. The van der Waals surface area contributed by atoms with E-state index < -0.39 is 5.82 Å². The molecule has 0 unspecified atom stereocenters.